The van der Waals surface area contributed by atoms with Gasteiger partial charge in [-0.1, -0.05) is 35.5 Å². The van der Waals surface area contributed by atoms with E-state index in [0.717, 1.165) is 25.7 Å². The maximum absolute atomic E-state index is 12.7. The number of carbonyl (C=O) groups excluding carboxylic acids is 2. The fraction of sp³-hybridized carbons (Fsp3) is 0.500. The van der Waals surface area contributed by atoms with E-state index in [4.69, 9.17) is 22.1 Å². The van der Waals surface area contributed by atoms with Crippen LogP contribution >= 0.6 is 23.4 Å². The maximum atomic E-state index is 12.7. The molecule has 10 heteroatoms. The lowest BCUT2D eigenvalue weighted by atomic mass is 10.0. The summed E-state index contributed by atoms with van der Waals surface area (Å²) in [5.41, 5.74) is 5.48. The highest BCUT2D eigenvalue weighted by molar-refractivity contribution is 7.99. The van der Waals surface area contributed by atoms with Crippen molar-refractivity contribution >= 4 is 35.2 Å². The van der Waals surface area contributed by atoms with E-state index >= 15 is 0 Å². The summed E-state index contributed by atoms with van der Waals surface area (Å²) < 4.78 is 7.88. The Morgan fingerprint density at radius 3 is 2.73 bits per heavy atom. The molecule has 0 radical (unpaired) electrons. The number of nitrogens with zero attached hydrogens (tertiary/aromatic N) is 4. The van der Waals surface area contributed by atoms with Gasteiger partial charge in [0.1, 0.15) is 18.4 Å². The molecule has 8 nitrogen and oxygen atoms in total. The number of carbonyl (C=O) groups is 2. The van der Waals surface area contributed by atoms with Gasteiger partial charge in [0.15, 0.2) is 11.0 Å². The highest BCUT2D eigenvalue weighted by Crippen LogP contribution is 2.39. The van der Waals surface area contributed by atoms with Crippen LogP contribution < -0.4 is 10.5 Å². The lowest BCUT2D eigenvalue weighted by Gasteiger charge is -2.33. The smallest absolute Gasteiger partial charge is 0.240 e. The van der Waals surface area contributed by atoms with Crippen LogP contribution in [0.2, 0.25) is 5.02 Å². The first kappa shape index (κ1) is 21.0. The summed E-state index contributed by atoms with van der Waals surface area (Å²) in [6, 6.07) is 7.11. The zero-order valence-corrected chi connectivity index (χ0v) is 18.1. The Morgan fingerprint density at radius 2 is 2.00 bits per heavy atom. The van der Waals surface area contributed by atoms with Gasteiger partial charge in [-0.3, -0.25) is 14.2 Å². The van der Waals surface area contributed by atoms with E-state index in [1.165, 1.54) is 11.8 Å². The molecule has 2 aromatic rings. The van der Waals surface area contributed by atoms with Crippen LogP contribution in [0.1, 0.15) is 44.0 Å². The monoisotopic (exact) mass is 449 g/mol. The lowest BCUT2D eigenvalue weighted by molar-refractivity contribution is -0.138. The number of aromatic nitrogens is 3. The van der Waals surface area contributed by atoms with E-state index in [0.29, 0.717) is 40.8 Å². The molecule has 30 heavy (non-hydrogen) atoms. The molecular weight excluding hydrogens is 426 g/mol. The first-order valence-electron chi connectivity index (χ1n) is 10.1. The van der Waals surface area contributed by atoms with Gasteiger partial charge in [0.25, 0.3) is 0 Å². The minimum atomic E-state index is -0.507. The average molecular weight is 450 g/mol. The van der Waals surface area contributed by atoms with Crippen molar-refractivity contribution in [2.24, 2.45) is 5.73 Å². The predicted molar refractivity (Wildman–Crippen MR) is 113 cm³/mol. The number of ether oxygens (including phenoxy) is 1. The van der Waals surface area contributed by atoms with Gasteiger partial charge in [-0.05, 0) is 44.2 Å². The molecule has 1 unspecified atom stereocenters. The Bertz CT molecular complexity index is 933. The lowest BCUT2D eigenvalue weighted by Crippen LogP contribution is -2.51. The van der Waals surface area contributed by atoms with E-state index in [9.17, 15) is 9.59 Å². The number of likely N-dealkylation sites (tertiary alicyclic amines) is 1. The van der Waals surface area contributed by atoms with Crippen molar-refractivity contribution < 1.29 is 14.3 Å². The predicted octanol–water partition coefficient (Wildman–Crippen LogP) is 2.80. The number of benzene rings is 1. The third kappa shape index (κ3) is 4.73. The summed E-state index contributed by atoms with van der Waals surface area (Å²) in [4.78, 5) is 26.0. The van der Waals surface area contributed by atoms with Crippen molar-refractivity contribution in [1.82, 2.24) is 19.7 Å². The number of hydrogen-bond acceptors (Lipinski definition) is 6. The summed E-state index contributed by atoms with van der Waals surface area (Å²) in [5.74, 6) is 0.966. The van der Waals surface area contributed by atoms with Gasteiger partial charge < -0.3 is 15.4 Å². The highest BCUT2D eigenvalue weighted by atomic mass is 35.5. The quantitative estimate of drug-likeness (QED) is 0.621. The van der Waals surface area contributed by atoms with E-state index in [1.54, 1.807) is 11.0 Å². The Balaban J connectivity index is 1.41. The third-order valence-corrected chi connectivity index (χ3v) is 6.56. The number of para-hydroxylation sites is 1. The number of halogens is 1. The van der Waals surface area contributed by atoms with Gasteiger partial charge in [-0.2, -0.15) is 0 Å². The fourth-order valence-electron chi connectivity index (χ4n) is 3.64. The molecule has 1 aliphatic heterocycles. The number of piperidine rings is 1. The van der Waals surface area contributed by atoms with Crippen LogP contribution in [0, 0.1) is 0 Å². The van der Waals surface area contributed by atoms with Crippen LogP contribution in [0.25, 0.3) is 0 Å². The summed E-state index contributed by atoms with van der Waals surface area (Å²) in [6.45, 7) is 0.816. The Kier molecular flexibility index (Phi) is 6.48. The van der Waals surface area contributed by atoms with Gasteiger partial charge in [-0.25, -0.2) is 0 Å². The van der Waals surface area contributed by atoms with Crippen molar-refractivity contribution in [1.29, 1.82) is 0 Å². The summed E-state index contributed by atoms with van der Waals surface area (Å²) in [7, 11) is 0. The van der Waals surface area contributed by atoms with E-state index in [1.807, 2.05) is 18.2 Å². The second-order valence-corrected chi connectivity index (χ2v) is 8.86. The minimum absolute atomic E-state index is 0.0947. The number of primary amides is 1. The number of amides is 2. The van der Waals surface area contributed by atoms with E-state index in [2.05, 4.69) is 14.8 Å². The van der Waals surface area contributed by atoms with Crippen molar-refractivity contribution in [3.63, 3.8) is 0 Å². The van der Waals surface area contributed by atoms with Crippen molar-refractivity contribution in [3.8, 4) is 5.75 Å². The van der Waals surface area contributed by atoms with E-state index < -0.39 is 11.9 Å². The molecule has 2 aliphatic rings. The zero-order chi connectivity index (χ0) is 21.1. The maximum Gasteiger partial charge on any atom is 0.240 e. The van der Waals surface area contributed by atoms with Gasteiger partial charge in [0.05, 0.1) is 10.8 Å². The topological polar surface area (TPSA) is 103 Å². The molecule has 4 rings (SSSR count). The summed E-state index contributed by atoms with van der Waals surface area (Å²) >= 11 is 7.50. The first-order chi connectivity index (χ1) is 14.5. The standard InChI is InChI=1S/C20H24ClN5O3S/c21-14-5-1-2-7-16(14)29-11-17-23-24-20(26(17)13-8-9-13)30-12-18(27)25-10-4-3-6-15(25)19(22)28/h1-2,5,7,13,15H,3-4,6,8-12H2,(H2,22,28). The molecule has 2 heterocycles. The SMILES string of the molecule is NC(=O)C1CCCCN1C(=O)CSc1nnc(COc2ccccc2Cl)n1C1CC1. The minimum Gasteiger partial charge on any atom is -0.484 e. The highest BCUT2D eigenvalue weighted by Gasteiger charge is 2.33. The van der Waals surface area contributed by atoms with Crippen LogP contribution in [0.3, 0.4) is 0 Å². The molecule has 1 aromatic heterocycles. The fourth-order valence-corrected chi connectivity index (χ4v) is 4.74. The summed E-state index contributed by atoms with van der Waals surface area (Å²) in [6.07, 6.45) is 4.54. The third-order valence-electron chi connectivity index (χ3n) is 5.32. The van der Waals surface area contributed by atoms with Crippen molar-refractivity contribution in [3.05, 3.63) is 35.1 Å². The Labute approximate surface area is 184 Å². The molecule has 1 aromatic carbocycles. The molecule has 2 N–H and O–H groups in total. The molecule has 0 spiro atoms. The molecule has 0 bridgehead atoms. The average Bonchev–Trinajstić information content (AvgIpc) is 3.51. The van der Waals surface area contributed by atoms with Gasteiger partial charge in [0, 0.05) is 12.6 Å². The molecule has 1 saturated heterocycles. The van der Waals surface area contributed by atoms with Crippen LogP contribution in [0.5, 0.6) is 5.75 Å². The number of thioether (sulfide) groups is 1. The number of rotatable bonds is 8. The van der Waals surface area contributed by atoms with Gasteiger partial charge in [0.2, 0.25) is 11.8 Å². The second-order valence-electron chi connectivity index (χ2n) is 7.51. The summed E-state index contributed by atoms with van der Waals surface area (Å²) in [5, 5.41) is 9.80. The normalized spacial score (nSPS) is 19.0. The molecule has 160 valence electrons. The molecule has 1 saturated carbocycles. The van der Waals surface area contributed by atoms with Crippen LogP contribution in [0.4, 0.5) is 0 Å². The van der Waals surface area contributed by atoms with Crippen LogP contribution in [-0.2, 0) is 16.2 Å². The molecule has 2 fully saturated rings. The van der Waals surface area contributed by atoms with Crippen molar-refractivity contribution in [2.45, 2.75) is 56.0 Å². The van der Waals surface area contributed by atoms with Gasteiger partial charge >= 0.3 is 0 Å². The molecule has 1 atom stereocenters. The molecule has 1 aliphatic carbocycles. The van der Waals surface area contributed by atoms with Crippen molar-refractivity contribution in [2.75, 3.05) is 12.3 Å². The van der Waals surface area contributed by atoms with Crippen LogP contribution in [0.15, 0.2) is 29.4 Å². The number of nitrogens with two attached hydrogens (primary N) is 1. The largest absolute Gasteiger partial charge is 0.484 e. The Morgan fingerprint density at radius 1 is 1.20 bits per heavy atom. The first-order valence-corrected chi connectivity index (χ1v) is 11.4. The van der Waals surface area contributed by atoms with Gasteiger partial charge in [-0.15, -0.1) is 10.2 Å². The zero-order valence-electron chi connectivity index (χ0n) is 16.5. The Hall–Kier alpha value is -2.26. The molecule has 2 amide bonds. The molecular formula is C20H24ClN5O3S. The van der Waals surface area contributed by atoms with Crippen LogP contribution in [-0.4, -0.2) is 49.8 Å². The van der Waals surface area contributed by atoms with E-state index in [-0.39, 0.29) is 18.3 Å². The number of hydrogen-bond donors (Lipinski definition) is 1. The second kappa shape index (κ2) is 9.26.